The number of amides is 1. The number of nitrogens with zero attached hydrogens (tertiary/aromatic N) is 3. The quantitative estimate of drug-likeness (QED) is 0.485. The molecule has 2 aromatic carbocycles. The number of carbonyl (C=O) groups is 2. The van der Waals surface area contributed by atoms with Gasteiger partial charge in [-0.1, -0.05) is 18.2 Å². The van der Waals surface area contributed by atoms with Gasteiger partial charge in [0.05, 0.1) is 5.92 Å². The summed E-state index contributed by atoms with van der Waals surface area (Å²) in [6, 6.07) is 7.76. The fraction of sp³-hybridized carbons (Fsp3) is 0.576. The Balaban J connectivity index is 1.16. The Morgan fingerprint density at radius 3 is 2.37 bits per heavy atom. The van der Waals surface area contributed by atoms with Gasteiger partial charge < -0.3 is 14.7 Å². The van der Waals surface area contributed by atoms with Crippen molar-refractivity contribution in [2.75, 3.05) is 45.9 Å². The van der Waals surface area contributed by atoms with Crippen LogP contribution in [0.3, 0.4) is 0 Å². The largest absolute Gasteiger partial charge is 0.480 e. The summed E-state index contributed by atoms with van der Waals surface area (Å²) >= 11 is 0. The number of halogens is 3. The molecule has 4 aliphatic rings. The van der Waals surface area contributed by atoms with E-state index in [4.69, 9.17) is 4.74 Å². The number of aliphatic carboxylic acids is 1. The Kier molecular flexibility index (Phi) is 8.80. The van der Waals surface area contributed by atoms with Crippen LogP contribution in [0.5, 0.6) is 0 Å². The van der Waals surface area contributed by atoms with E-state index in [9.17, 15) is 23.5 Å². The lowest BCUT2D eigenvalue weighted by atomic mass is 9.87. The standard InChI is InChI=1S/C33H40F3N3O4/c1-20-17-37(31(33(41)42)15-23-5-4-22(14-29(23)35)21-2-3-21)10-11-39(20)32(40)28-19-38(25-8-12-43-13-9-25)18-27(28)26-7-6-24(34)16-30(26)36/h4-7,14,16,20-21,25,27-28,31H,2-3,8-13,15,17-19H2,1H3,(H,41,42)/t20-,27-,28+,31-/m0/s1. The molecule has 0 unspecified atom stereocenters. The lowest BCUT2D eigenvalue weighted by molar-refractivity contribution is -0.147. The third kappa shape index (κ3) is 6.47. The molecule has 7 nitrogen and oxygen atoms in total. The first-order valence-electron chi connectivity index (χ1n) is 15.5. The molecule has 4 fully saturated rings. The molecule has 2 aromatic rings. The molecule has 1 N–H and O–H groups in total. The van der Waals surface area contributed by atoms with Gasteiger partial charge in [-0.15, -0.1) is 0 Å². The van der Waals surface area contributed by atoms with Gasteiger partial charge in [0.25, 0.3) is 0 Å². The van der Waals surface area contributed by atoms with E-state index in [1.807, 2.05) is 17.9 Å². The molecule has 1 amide bonds. The number of ether oxygens (including phenoxy) is 1. The molecular weight excluding hydrogens is 559 g/mol. The molecule has 0 aromatic heterocycles. The van der Waals surface area contributed by atoms with Gasteiger partial charge in [-0.3, -0.25) is 19.4 Å². The summed E-state index contributed by atoms with van der Waals surface area (Å²) in [4.78, 5) is 32.3. The van der Waals surface area contributed by atoms with E-state index in [1.165, 1.54) is 18.2 Å². The van der Waals surface area contributed by atoms with E-state index in [0.29, 0.717) is 63.0 Å². The third-order valence-electron chi connectivity index (χ3n) is 9.94. The first-order valence-corrected chi connectivity index (χ1v) is 15.5. The van der Waals surface area contributed by atoms with Crippen LogP contribution in [0.1, 0.15) is 61.1 Å². The SMILES string of the molecule is C[C@H]1CN([C@@H](Cc2ccc(C3CC3)cc2F)C(=O)O)CCN1C(=O)[C@@H]1CN(C2CCOCC2)C[C@H]1c1ccc(F)cc1F. The summed E-state index contributed by atoms with van der Waals surface area (Å²) in [5, 5.41) is 10.1. The van der Waals surface area contributed by atoms with E-state index < -0.39 is 35.5 Å². The van der Waals surface area contributed by atoms with Crippen LogP contribution in [-0.2, 0) is 20.7 Å². The van der Waals surface area contributed by atoms with Crippen molar-refractivity contribution in [1.82, 2.24) is 14.7 Å². The normalized spacial score (nSPS) is 26.5. The molecule has 3 heterocycles. The minimum Gasteiger partial charge on any atom is -0.480 e. The Labute approximate surface area is 250 Å². The zero-order valence-electron chi connectivity index (χ0n) is 24.6. The molecule has 0 spiro atoms. The number of carboxylic acid groups (broad SMARTS) is 1. The summed E-state index contributed by atoms with van der Waals surface area (Å²) in [6.45, 7) is 5.15. The molecule has 0 bridgehead atoms. The van der Waals surface area contributed by atoms with Gasteiger partial charge in [-0.25, -0.2) is 13.2 Å². The highest BCUT2D eigenvalue weighted by molar-refractivity contribution is 5.81. The number of carboxylic acids is 1. The van der Waals surface area contributed by atoms with Crippen molar-refractivity contribution >= 4 is 11.9 Å². The lowest BCUT2D eigenvalue weighted by Gasteiger charge is -2.43. The van der Waals surface area contributed by atoms with Crippen LogP contribution in [0.4, 0.5) is 13.2 Å². The second kappa shape index (κ2) is 12.6. The summed E-state index contributed by atoms with van der Waals surface area (Å²) in [7, 11) is 0. The highest BCUT2D eigenvalue weighted by Gasteiger charge is 2.45. The number of likely N-dealkylation sites (tertiary alicyclic amines) is 1. The fourth-order valence-corrected chi connectivity index (χ4v) is 7.34. The number of carbonyl (C=O) groups excluding carboxylic acids is 1. The summed E-state index contributed by atoms with van der Waals surface area (Å²) in [6.07, 6.45) is 3.85. The zero-order valence-corrected chi connectivity index (χ0v) is 24.6. The second-order valence-corrected chi connectivity index (χ2v) is 12.7. The first-order chi connectivity index (χ1) is 20.7. The molecule has 10 heteroatoms. The molecule has 43 heavy (non-hydrogen) atoms. The minimum atomic E-state index is -1.02. The van der Waals surface area contributed by atoms with E-state index in [2.05, 4.69) is 4.90 Å². The topological polar surface area (TPSA) is 73.3 Å². The zero-order chi connectivity index (χ0) is 30.2. The highest BCUT2D eigenvalue weighted by atomic mass is 19.1. The van der Waals surface area contributed by atoms with E-state index in [0.717, 1.165) is 37.3 Å². The lowest BCUT2D eigenvalue weighted by Crippen LogP contribution is -2.59. The molecule has 3 aliphatic heterocycles. The predicted octanol–water partition coefficient (Wildman–Crippen LogP) is 4.40. The molecule has 1 aliphatic carbocycles. The van der Waals surface area contributed by atoms with Crippen LogP contribution >= 0.6 is 0 Å². The van der Waals surface area contributed by atoms with E-state index in [-0.39, 0.29) is 30.2 Å². The van der Waals surface area contributed by atoms with Gasteiger partial charge in [-0.2, -0.15) is 0 Å². The van der Waals surface area contributed by atoms with Crippen molar-refractivity contribution < 1.29 is 32.6 Å². The van der Waals surface area contributed by atoms with Gasteiger partial charge >= 0.3 is 5.97 Å². The van der Waals surface area contributed by atoms with Crippen molar-refractivity contribution in [2.24, 2.45) is 5.92 Å². The van der Waals surface area contributed by atoms with Crippen LogP contribution < -0.4 is 0 Å². The van der Waals surface area contributed by atoms with Crippen LogP contribution in [0, 0.1) is 23.4 Å². The Morgan fingerprint density at radius 2 is 1.72 bits per heavy atom. The monoisotopic (exact) mass is 599 g/mol. The fourth-order valence-electron chi connectivity index (χ4n) is 7.34. The maximum Gasteiger partial charge on any atom is 0.321 e. The molecular formula is C33H40F3N3O4. The molecule has 3 saturated heterocycles. The third-order valence-corrected chi connectivity index (χ3v) is 9.94. The van der Waals surface area contributed by atoms with Gasteiger partial charge in [0.1, 0.15) is 23.5 Å². The predicted molar refractivity (Wildman–Crippen MR) is 154 cm³/mol. The van der Waals surface area contributed by atoms with Crippen LogP contribution in [-0.4, -0.2) is 95.7 Å². The average Bonchev–Trinajstić information content (AvgIpc) is 3.75. The second-order valence-electron chi connectivity index (χ2n) is 12.7. The van der Waals surface area contributed by atoms with E-state index in [1.54, 1.807) is 11.0 Å². The number of rotatable bonds is 8. The molecule has 232 valence electrons. The Bertz CT molecular complexity index is 1350. The Morgan fingerprint density at radius 1 is 0.953 bits per heavy atom. The summed E-state index contributed by atoms with van der Waals surface area (Å²) in [5.74, 6) is -3.30. The van der Waals surface area contributed by atoms with Gasteiger partial charge in [-0.05, 0) is 67.3 Å². The molecule has 6 rings (SSSR count). The minimum absolute atomic E-state index is 0.0430. The average molecular weight is 600 g/mol. The summed E-state index contributed by atoms with van der Waals surface area (Å²) in [5.41, 5.74) is 1.70. The first kappa shape index (κ1) is 30.1. The molecule has 4 atom stereocenters. The Hall–Kier alpha value is -2.95. The van der Waals surface area contributed by atoms with Crippen molar-refractivity contribution in [3.63, 3.8) is 0 Å². The van der Waals surface area contributed by atoms with Gasteiger partial charge in [0, 0.05) is 76.4 Å². The number of hydrogen-bond acceptors (Lipinski definition) is 5. The van der Waals surface area contributed by atoms with Crippen molar-refractivity contribution in [3.05, 3.63) is 70.5 Å². The van der Waals surface area contributed by atoms with Gasteiger partial charge in [0.15, 0.2) is 0 Å². The number of piperazine rings is 1. The van der Waals surface area contributed by atoms with Crippen LogP contribution in [0.2, 0.25) is 0 Å². The smallest absolute Gasteiger partial charge is 0.321 e. The van der Waals surface area contributed by atoms with Crippen LogP contribution in [0.15, 0.2) is 36.4 Å². The number of hydrogen-bond donors (Lipinski definition) is 1. The number of benzene rings is 2. The van der Waals surface area contributed by atoms with Crippen LogP contribution in [0.25, 0.3) is 0 Å². The molecule has 0 radical (unpaired) electrons. The van der Waals surface area contributed by atoms with Crippen molar-refractivity contribution in [2.45, 2.75) is 69.0 Å². The maximum absolute atomic E-state index is 15.0. The maximum atomic E-state index is 15.0. The van der Waals surface area contributed by atoms with E-state index >= 15 is 4.39 Å². The van der Waals surface area contributed by atoms with Gasteiger partial charge in [0.2, 0.25) is 5.91 Å². The molecule has 1 saturated carbocycles. The highest BCUT2D eigenvalue weighted by Crippen LogP contribution is 2.41. The van der Waals surface area contributed by atoms with Crippen molar-refractivity contribution in [1.29, 1.82) is 0 Å². The summed E-state index contributed by atoms with van der Waals surface area (Å²) < 4.78 is 49.2. The van der Waals surface area contributed by atoms with Crippen molar-refractivity contribution in [3.8, 4) is 0 Å².